The lowest BCUT2D eigenvalue weighted by Crippen LogP contribution is -2.39. The van der Waals surface area contributed by atoms with Gasteiger partial charge < -0.3 is 15.5 Å². The number of nitrogens with zero attached hydrogens (tertiary/aromatic N) is 3. The number of amides is 1. The van der Waals surface area contributed by atoms with Crippen molar-refractivity contribution in [3.05, 3.63) is 51.5 Å². The molecule has 6 nitrogen and oxygen atoms in total. The monoisotopic (exact) mass is 501 g/mol. The van der Waals surface area contributed by atoms with Gasteiger partial charge in [-0.2, -0.15) is 0 Å². The third-order valence-corrected chi connectivity index (χ3v) is 5.03. The average Bonchev–Trinajstić information content (AvgIpc) is 2.95. The van der Waals surface area contributed by atoms with Crippen LogP contribution >= 0.6 is 35.3 Å². The summed E-state index contributed by atoms with van der Waals surface area (Å²) in [5.41, 5.74) is 2.18. The molecule has 0 saturated heterocycles. The zero-order valence-electron chi connectivity index (χ0n) is 16.3. The Labute approximate surface area is 182 Å². The Morgan fingerprint density at radius 1 is 1.22 bits per heavy atom. The molecule has 1 aromatic heterocycles. The van der Waals surface area contributed by atoms with Crippen molar-refractivity contribution in [3.63, 3.8) is 0 Å². The molecule has 0 aliphatic rings. The highest BCUT2D eigenvalue weighted by Crippen LogP contribution is 2.16. The van der Waals surface area contributed by atoms with Crippen LogP contribution in [0.25, 0.3) is 0 Å². The van der Waals surface area contributed by atoms with Crippen LogP contribution in [0.15, 0.2) is 35.3 Å². The summed E-state index contributed by atoms with van der Waals surface area (Å²) in [6.45, 7) is 5.86. The van der Waals surface area contributed by atoms with Gasteiger partial charge in [0.15, 0.2) is 5.96 Å². The Kier molecular flexibility index (Phi) is 10.3. The van der Waals surface area contributed by atoms with E-state index in [1.54, 1.807) is 23.3 Å². The van der Waals surface area contributed by atoms with Crippen molar-refractivity contribution >= 4 is 47.2 Å². The Morgan fingerprint density at radius 3 is 2.52 bits per heavy atom. The number of carbonyl (C=O) groups is 1. The van der Waals surface area contributed by atoms with Crippen molar-refractivity contribution < 1.29 is 4.79 Å². The Morgan fingerprint density at radius 2 is 1.93 bits per heavy atom. The number of hydrogen-bond acceptors (Lipinski definition) is 4. The van der Waals surface area contributed by atoms with E-state index in [0.717, 1.165) is 16.3 Å². The quantitative estimate of drug-likeness (QED) is 0.348. The number of nitrogens with one attached hydrogen (secondary N) is 2. The minimum atomic E-state index is 0. The van der Waals surface area contributed by atoms with Crippen LogP contribution in [0, 0.1) is 13.8 Å². The smallest absolute Gasteiger partial charge is 0.224 e. The Balaban J connectivity index is 0.00000364. The van der Waals surface area contributed by atoms with E-state index >= 15 is 0 Å². The molecule has 1 heterocycles. The molecular formula is C19H28IN5OS. The molecule has 0 radical (unpaired) electrons. The number of rotatable bonds is 7. The highest BCUT2D eigenvalue weighted by Gasteiger charge is 2.10. The molecule has 148 valence electrons. The van der Waals surface area contributed by atoms with Crippen molar-refractivity contribution in [1.29, 1.82) is 0 Å². The van der Waals surface area contributed by atoms with Gasteiger partial charge in [0.05, 0.1) is 17.2 Å². The fourth-order valence-electron chi connectivity index (χ4n) is 2.55. The lowest BCUT2D eigenvalue weighted by Gasteiger charge is -2.18. The number of aliphatic imine (C=N–C) groups is 1. The van der Waals surface area contributed by atoms with E-state index in [1.807, 2.05) is 51.2 Å². The lowest BCUT2D eigenvalue weighted by molar-refractivity contribution is -0.130. The first-order valence-electron chi connectivity index (χ1n) is 8.65. The highest BCUT2D eigenvalue weighted by atomic mass is 127. The van der Waals surface area contributed by atoms with E-state index in [-0.39, 0.29) is 29.9 Å². The standard InChI is InChI=1S/C19H27N5OS.HI/c1-14-17(26-15(2)23-14)12-22-19(20-3)21-11-10-18(25)24(4)13-16-8-6-5-7-9-16;/h5-9H,10-13H2,1-4H3,(H2,20,21,22);1H. The molecule has 0 spiro atoms. The second-order valence-corrected chi connectivity index (χ2v) is 7.37. The molecule has 27 heavy (non-hydrogen) atoms. The molecule has 2 aromatic rings. The van der Waals surface area contributed by atoms with Gasteiger partial charge in [0.2, 0.25) is 5.91 Å². The van der Waals surface area contributed by atoms with Crippen LogP contribution in [0.4, 0.5) is 0 Å². The van der Waals surface area contributed by atoms with Crippen molar-refractivity contribution in [2.45, 2.75) is 33.4 Å². The number of carbonyl (C=O) groups excluding carboxylic acids is 1. The maximum atomic E-state index is 12.3. The van der Waals surface area contributed by atoms with E-state index in [1.165, 1.54) is 4.88 Å². The fourth-order valence-corrected chi connectivity index (χ4v) is 3.42. The minimum absolute atomic E-state index is 0. The van der Waals surface area contributed by atoms with E-state index in [2.05, 4.69) is 20.6 Å². The molecule has 0 saturated carbocycles. The van der Waals surface area contributed by atoms with Crippen molar-refractivity contribution in [2.24, 2.45) is 4.99 Å². The summed E-state index contributed by atoms with van der Waals surface area (Å²) < 4.78 is 0. The van der Waals surface area contributed by atoms with Crippen LogP contribution in [0.2, 0.25) is 0 Å². The molecular weight excluding hydrogens is 473 g/mol. The van der Waals surface area contributed by atoms with Crippen LogP contribution in [-0.2, 0) is 17.9 Å². The van der Waals surface area contributed by atoms with Gasteiger partial charge in [-0.25, -0.2) is 4.98 Å². The van der Waals surface area contributed by atoms with Crippen LogP contribution < -0.4 is 10.6 Å². The van der Waals surface area contributed by atoms with E-state index in [0.29, 0.717) is 32.0 Å². The second-order valence-electron chi connectivity index (χ2n) is 6.08. The second kappa shape index (κ2) is 11.9. The van der Waals surface area contributed by atoms with Gasteiger partial charge in [-0.05, 0) is 19.4 Å². The van der Waals surface area contributed by atoms with Gasteiger partial charge in [-0.1, -0.05) is 30.3 Å². The first-order chi connectivity index (χ1) is 12.5. The summed E-state index contributed by atoms with van der Waals surface area (Å²) in [5, 5.41) is 7.52. The zero-order valence-corrected chi connectivity index (χ0v) is 19.4. The Hall–Kier alpha value is -1.68. The molecule has 1 amide bonds. The van der Waals surface area contributed by atoms with Crippen LogP contribution in [-0.4, -0.2) is 42.4 Å². The zero-order chi connectivity index (χ0) is 18.9. The third kappa shape index (κ3) is 7.84. The number of guanidine groups is 1. The van der Waals surface area contributed by atoms with Gasteiger partial charge in [-0.3, -0.25) is 9.79 Å². The highest BCUT2D eigenvalue weighted by molar-refractivity contribution is 14.0. The van der Waals surface area contributed by atoms with Gasteiger partial charge in [0, 0.05) is 38.5 Å². The lowest BCUT2D eigenvalue weighted by atomic mass is 10.2. The van der Waals surface area contributed by atoms with Gasteiger partial charge in [0.25, 0.3) is 0 Å². The molecule has 1 aromatic carbocycles. The van der Waals surface area contributed by atoms with E-state index in [4.69, 9.17) is 0 Å². The topological polar surface area (TPSA) is 69.6 Å². The maximum absolute atomic E-state index is 12.3. The van der Waals surface area contributed by atoms with E-state index in [9.17, 15) is 4.79 Å². The number of halogens is 1. The summed E-state index contributed by atoms with van der Waals surface area (Å²) in [6.07, 6.45) is 0.419. The van der Waals surface area contributed by atoms with Gasteiger partial charge in [0.1, 0.15) is 0 Å². The predicted molar refractivity (Wildman–Crippen MR) is 123 cm³/mol. The number of aryl methyl sites for hydroxylation is 2. The maximum Gasteiger partial charge on any atom is 0.224 e. The summed E-state index contributed by atoms with van der Waals surface area (Å²) in [7, 11) is 3.56. The SMILES string of the molecule is CN=C(NCCC(=O)N(C)Cc1ccccc1)NCc1sc(C)nc1C.I. The summed E-state index contributed by atoms with van der Waals surface area (Å²) in [5.74, 6) is 0.791. The first-order valence-corrected chi connectivity index (χ1v) is 9.46. The molecule has 0 bridgehead atoms. The van der Waals surface area contributed by atoms with Gasteiger partial charge in [-0.15, -0.1) is 35.3 Å². The Bertz CT molecular complexity index is 748. The summed E-state index contributed by atoms with van der Waals surface area (Å²) >= 11 is 1.68. The normalized spacial score (nSPS) is 10.9. The molecule has 0 aliphatic carbocycles. The van der Waals surface area contributed by atoms with Crippen molar-refractivity contribution in [2.75, 3.05) is 20.6 Å². The number of hydrogen-bond donors (Lipinski definition) is 2. The number of thiazole rings is 1. The van der Waals surface area contributed by atoms with Gasteiger partial charge >= 0.3 is 0 Å². The van der Waals surface area contributed by atoms with Crippen molar-refractivity contribution in [3.8, 4) is 0 Å². The fraction of sp³-hybridized carbons (Fsp3) is 0.421. The molecule has 0 unspecified atom stereocenters. The molecule has 0 aliphatic heterocycles. The number of benzene rings is 1. The summed E-state index contributed by atoms with van der Waals surface area (Å²) in [4.78, 5) is 23.8. The van der Waals surface area contributed by atoms with Crippen LogP contribution in [0.1, 0.15) is 27.6 Å². The van der Waals surface area contributed by atoms with Crippen LogP contribution in [0.5, 0.6) is 0 Å². The first kappa shape index (κ1) is 23.4. The molecule has 8 heteroatoms. The van der Waals surface area contributed by atoms with Crippen LogP contribution in [0.3, 0.4) is 0 Å². The largest absolute Gasteiger partial charge is 0.356 e. The summed E-state index contributed by atoms with van der Waals surface area (Å²) in [6, 6.07) is 9.99. The molecule has 0 atom stereocenters. The van der Waals surface area contributed by atoms with Crippen molar-refractivity contribution in [1.82, 2.24) is 20.5 Å². The third-order valence-electron chi connectivity index (χ3n) is 3.96. The predicted octanol–water partition coefficient (Wildman–Crippen LogP) is 3.09. The average molecular weight is 501 g/mol. The molecule has 2 rings (SSSR count). The minimum Gasteiger partial charge on any atom is -0.356 e. The van der Waals surface area contributed by atoms with E-state index < -0.39 is 0 Å². The molecule has 2 N–H and O–H groups in total. The number of aromatic nitrogens is 1. The molecule has 0 fully saturated rings.